The lowest BCUT2D eigenvalue weighted by Gasteiger charge is -2.08. The zero-order valence-electron chi connectivity index (χ0n) is 16.9. The predicted octanol–water partition coefficient (Wildman–Crippen LogP) is 7.75. The van der Waals surface area contributed by atoms with Gasteiger partial charge in [0.2, 0.25) is 0 Å². The molecular weight excluding hydrogens is 466 g/mol. The number of anilines is 2. The van der Waals surface area contributed by atoms with E-state index in [0.29, 0.717) is 0 Å². The van der Waals surface area contributed by atoms with E-state index in [0.717, 1.165) is 32.7 Å². The topological polar surface area (TPSA) is 21.3 Å². The van der Waals surface area contributed by atoms with Crippen molar-refractivity contribution in [3.8, 4) is 17.6 Å². The fourth-order valence-corrected chi connectivity index (χ4v) is 3.95. The van der Waals surface area contributed by atoms with Gasteiger partial charge in [0.05, 0.1) is 7.11 Å². The second-order valence-electron chi connectivity index (χ2n) is 6.76. The maximum absolute atomic E-state index is 5.21. The highest BCUT2D eigenvalue weighted by Crippen LogP contribution is 2.30. The number of hydrogen-bond donors (Lipinski definition) is 1. The summed E-state index contributed by atoms with van der Waals surface area (Å²) in [5, 5.41) is 3.44. The maximum atomic E-state index is 5.21. The van der Waals surface area contributed by atoms with Gasteiger partial charge in [-0.1, -0.05) is 39.5 Å². The number of halogens is 1. The lowest BCUT2D eigenvalue weighted by Crippen LogP contribution is -1.90. The van der Waals surface area contributed by atoms with E-state index in [2.05, 4.69) is 69.5 Å². The molecule has 152 valence electrons. The van der Waals surface area contributed by atoms with Crippen LogP contribution in [-0.4, -0.2) is 7.11 Å². The molecule has 0 radical (unpaired) electrons. The molecule has 1 N–H and O–H groups in total. The van der Waals surface area contributed by atoms with Crippen molar-refractivity contribution in [2.24, 2.45) is 0 Å². The van der Waals surface area contributed by atoms with Gasteiger partial charge in [-0.05, 0) is 97.1 Å². The first-order valence-electron chi connectivity index (χ1n) is 9.75. The third-order valence-electron chi connectivity index (χ3n) is 4.52. The van der Waals surface area contributed by atoms with E-state index in [9.17, 15) is 0 Å². The van der Waals surface area contributed by atoms with Crippen LogP contribution in [0.5, 0.6) is 5.75 Å². The van der Waals surface area contributed by atoms with E-state index >= 15 is 0 Å². The van der Waals surface area contributed by atoms with Crippen molar-refractivity contribution < 1.29 is 4.74 Å². The minimum Gasteiger partial charge on any atom is -0.497 e. The Kier molecular flexibility index (Phi) is 6.99. The summed E-state index contributed by atoms with van der Waals surface area (Å²) in [5.74, 6) is 7.26. The lowest BCUT2D eigenvalue weighted by atomic mass is 10.1. The van der Waals surface area contributed by atoms with Crippen LogP contribution in [0, 0.1) is 11.8 Å². The van der Waals surface area contributed by atoms with Crippen LogP contribution >= 0.6 is 27.7 Å². The van der Waals surface area contributed by atoms with Crippen LogP contribution in [0.3, 0.4) is 0 Å². The lowest BCUT2D eigenvalue weighted by molar-refractivity contribution is 0.414. The van der Waals surface area contributed by atoms with Crippen molar-refractivity contribution in [3.63, 3.8) is 0 Å². The van der Waals surface area contributed by atoms with E-state index in [1.165, 1.54) is 9.79 Å². The molecule has 4 rings (SSSR count). The van der Waals surface area contributed by atoms with Crippen LogP contribution in [0.1, 0.15) is 11.1 Å². The number of nitrogens with one attached hydrogen (secondary N) is 1. The summed E-state index contributed by atoms with van der Waals surface area (Å²) in [6, 6.07) is 32.7. The molecule has 0 heterocycles. The van der Waals surface area contributed by atoms with Gasteiger partial charge in [0.15, 0.2) is 0 Å². The van der Waals surface area contributed by atoms with Crippen LogP contribution in [0.4, 0.5) is 11.4 Å². The third kappa shape index (κ3) is 6.18. The second-order valence-corrected chi connectivity index (χ2v) is 8.82. The zero-order chi connectivity index (χ0) is 21.5. The van der Waals surface area contributed by atoms with Crippen LogP contribution in [0.15, 0.2) is 111 Å². The summed E-state index contributed by atoms with van der Waals surface area (Å²) in [4.78, 5) is 2.37. The average Bonchev–Trinajstić information content (AvgIpc) is 2.81. The fourth-order valence-electron chi connectivity index (χ4n) is 2.87. The van der Waals surface area contributed by atoms with Crippen LogP contribution in [0.25, 0.3) is 0 Å². The van der Waals surface area contributed by atoms with E-state index in [1.807, 2.05) is 60.7 Å². The molecule has 0 saturated heterocycles. The molecule has 0 amide bonds. The van der Waals surface area contributed by atoms with Gasteiger partial charge >= 0.3 is 0 Å². The monoisotopic (exact) mass is 485 g/mol. The highest BCUT2D eigenvalue weighted by molar-refractivity contribution is 9.10. The predicted molar refractivity (Wildman–Crippen MR) is 133 cm³/mol. The van der Waals surface area contributed by atoms with Gasteiger partial charge in [0, 0.05) is 36.8 Å². The molecule has 2 nitrogen and oxygen atoms in total. The van der Waals surface area contributed by atoms with E-state index < -0.39 is 0 Å². The largest absolute Gasteiger partial charge is 0.497 e. The molecule has 0 bridgehead atoms. The first kappa shape index (κ1) is 21.1. The zero-order valence-corrected chi connectivity index (χ0v) is 19.3. The minimum atomic E-state index is 0.870. The first-order valence-corrected chi connectivity index (χ1v) is 11.4. The van der Waals surface area contributed by atoms with Gasteiger partial charge in [-0.15, -0.1) is 0 Å². The highest BCUT2D eigenvalue weighted by Gasteiger charge is 2.00. The van der Waals surface area contributed by atoms with Crippen molar-refractivity contribution >= 4 is 39.1 Å². The molecule has 0 spiro atoms. The van der Waals surface area contributed by atoms with Gasteiger partial charge in [0.25, 0.3) is 0 Å². The smallest absolute Gasteiger partial charge is 0.118 e. The van der Waals surface area contributed by atoms with E-state index in [-0.39, 0.29) is 0 Å². The number of methoxy groups -OCH3 is 1. The highest BCUT2D eigenvalue weighted by atomic mass is 79.9. The van der Waals surface area contributed by atoms with E-state index in [4.69, 9.17) is 4.74 Å². The Bertz CT molecular complexity index is 1190. The number of benzene rings is 4. The molecular formula is C27H20BrNOS. The van der Waals surface area contributed by atoms with Gasteiger partial charge in [-0.2, -0.15) is 0 Å². The first-order chi connectivity index (χ1) is 15.2. The summed E-state index contributed by atoms with van der Waals surface area (Å²) >= 11 is 5.17. The summed E-state index contributed by atoms with van der Waals surface area (Å²) in [6.45, 7) is 0. The summed E-state index contributed by atoms with van der Waals surface area (Å²) in [5.41, 5.74) is 4.07. The molecule has 4 heteroatoms. The van der Waals surface area contributed by atoms with Crippen molar-refractivity contribution in [1.29, 1.82) is 0 Å². The van der Waals surface area contributed by atoms with Crippen molar-refractivity contribution in [1.82, 2.24) is 0 Å². The summed E-state index contributed by atoms with van der Waals surface area (Å²) < 4.78 is 6.27. The summed E-state index contributed by atoms with van der Waals surface area (Å²) in [6.07, 6.45) is 0. The molecule has 4 aromatic rings. The molecule has 0 aromatic heterocycles. The van der Waals surface area contributed by atoms with E-state index in [1.54, 1.807) is 18.9 Å². The Morgan fingerprint density at radius 3 is 1.61 bits per heavy atom. The van der Waals surface area contributed by atoms with Crippen LogP contribution < -0.4 is 10.1 Å². The second kappa shape index (κ2) is 10.3. The number of hydrogen-bond acceptors (Lipinski definition) is 3. The molecule has 0 unspecified atom stereocenters. The Morgan fingerprint density at radius 2 is 1.10 bits per heavy atom. The van der Waals surface area contributed by atoms with Crippen molar-refractivity contribution in [2.45, 2.75) is 9.79 Å². The quantitative estimate of drug-likeness (QED) is 0.292. The molecule has 0 aliphatic rings. The van der Waals surface area contributed by atoms with Gasteiger partial charge in [-0.25, -0.2) is 0 Å². The molecule has 0 saturated carbocycles. The Balaban J connectivity index is 1.36. The molecule has 31 heavy (non-hydrogen) atoms. The molecule has 0 fully saturated rings. The van der Waals surface area contributed by atoms with Crippen molar-refractivity contribution in [2.75, 3.05) is 12.4 Å². The third-order valence-corrected chi connectivity index (χ3v) is 6.06. The summed E-state index contributed by atoms with van der Waals surface area (Å²) in [7, 11) is 1.68. The van der Waals surface area contributed by atoms with Crippen LogP contribution in [0.2, 0.25) is 0 Å². The SMILES string of the molecule is COc1ccc(Sc2ccc(Nc3ccc(C#Cc4ccc(Br)cc4)cc3)cc2)cc1. The molecule has 0 aliphatic carbocycles. The maximum Gasteiger partial charge on any atom is 0.118 e. The normalized spacial score (nSPS) is 10.1. The van der Waals surface area contributed by atoms with Crippen LogP contribution in [-0.2, 0) is 0 Å². The minimum absolute atomic E-state index is 0.870. The standard InChI is InChI=1S/C27H20BrNOS/c1-30-25-14-18-27(19-15-25)31-26-16-12-24(13-17-26)29-23-10-6-21(7-11-23)3-2-20-4-8-22(28)9-5-20/h4-19,29H,1H3. The fraction of sp³-hybridized carbons (Fsp3) is 0.0370. The Labute approximate surface area is 195 Å². The molecule has 0 atom stereocenters. The van der Waals surface area contributed by atoms with Gasteiger partial charge < -0.3 is 10.1 Å². The van der Waals surface area contributed by atoms with Crippen molar-refractivity contribution in [3.05, 3.63) is 113 Å². The number of ether oxygens (including phenoxy) is 1. The van der Waals surface area contributed by atoms with Gasteiger partial charge in [0.1, 0.15) is 5.75 Å². The Morgan fingerprint density at radius 1 is 0.645 bits per heavy atom. The van der Waals surface area contributed by atoms with Gasteiger partial charge in [-0.3, -0.25) is 0 Å². The molecule has 4 aromatic carbocycles. The molecule has 0 aliphatic heterocycles. The number of rotatable bonds is 5. The Hall–Kier alpha value is -3.13. The average molecular weight is 486 g/mol.